The lowest BCUT2D eigenvalue weighted by Crippen LogP contribution is -2.44. The first-order valence-electron chi connectivity index (χ1n) is 12.2. The summed E-state index contributed by atoms with van der Waals surface area (Å²) < 4.78 is 18.8. The quantitative estimate of drug-likeness (QED) is 0.346. The number of carbonyl (C=O) groups excluding carboxylic acids is 2. The van der Waals surface area contributed by atoms with Crippen LogP contribution in [0.4, 0.5) is 10.1 Å². The highest BCUT2D eigenvalue weighted by molar-refractivity contribution is 6.30. The second-order valence-corrected chi connectivity index (χ2v) is 9.56. The van der Waals surface area contributed by atoms with E-state index in [1.807, 2.05) is 24.3 Å². The molecule has 2 heterocycles. The average Bonchev–Trinajstić information content (AvgIpc) is 3.57. The topological polar surface area (TPSA) is 89.4 Å². The summed E-state index contributed by atoms with van der Waals surface area (Å²) in [4.78, 5) is 29.4. The van der Waals surface area contributed by atoms with Crippen LogP contribution in [-0.2, 0) is 22.6 Å². The first-order chi connectivity index (χ1) is 18.4. The van der Waals surface area contributed by atoms with Crippen LogP contribution in [0.2, 0.25) is 5.02 Å². The van der Waals surface area contributed by atoms with Gasteiger partial charge in [0.1, 0.15) is 29.9 Å². The Kier molecular flexibility index (Phi) is 7.65. The number of amides is 2. The van der Waals surface area contributed by atoms with Gasteiger partial charge in [-0.3, -0.25) is 9.59 Å². The predicted octanol–water partition coefficient (Wildman–Crippen LogP) is 4.96. The van der Waals surface area contributed by atoms with Gasteiger partial charge in [-0.15, -0.1) is 0 Å². The van der Waals surface area contributed by atoms with Crippen LogP contribution in [0.3, 0.4) is 0 Å². The molecular formula is C28H25ClFN5O3. The van der Waals surface area contributed by atoms with Crippen molar-refractivity contribution >= 4 is 29.1 Å². The van der Waals surface area contributed by atoms with Crippen LogP contribution in [0.5, 0.6) is 11.5 Å². The number of hydrogen-bond donors (Lipinski definition) is 1. The van der Waals surface area contributed by atoms with Gasteiger partial charge in [-0.2, -0.15) is 15.0 Å². The van der Waals surface area contributed by atoms with E-state index in [-0.39, 0.29) is 30.1 Å². The Bertz CT molecular complexity index is 1400. The molecule has 1 N–H and O–H groups in total. The van der Waals surface area contributed by atoms with Crippen molar-refractivity contribution in [3.8, 4) is 11.5 Å². The standard InChI is InChI=1S/C28H25ClFN5O3/c29-21-3-1-2-19(15-21)14-20-16-26(34(17-20)27(36)18-35-31-12-13-32-35)28(37)33-23-6-10-25(11-7-23)38-24-8-4-22(30)5-9-24/h1-13,15,20,26H,14,16-18H2,(H,33,37). The van der Waals surface area contributed by atoms with Gasteiger partial charge in [0.05, 0.1) is 12.4 Å². The molecule has 0 saturated carbocycles. The van der Waals surface area contributed by atoms with E-state index in [1.165, 1.54) is 41.5 Å². The number of anilines is 1. The molecule has 2 atom stereocenters. The summed E-state index contributed by atoms with van der Waals surface area (Å²) in [6.07, 6.45) is 4.23. The van der Waals surface area contributed by atoms with Crippen LogP contribution in [0.15, 0.2) is 85.2 Å². The third-order valence-corrected chi connectivity index (χ3v) is 6.57. The third-order valence-electron chi connectivity index (χ3n) is 6.34. The van der Waals surface area contributed by atoms with Crippen molar-refractivity contribution in [2.75, 3.05) is 11.9 Å². The van der Waals surface area contributed by atoms with Crippen LogP contribution >= 0.6 is 11.6 Å². The molecule has 2 unspecified atom stereocenters. The molecule has 8 nitrogen and oxygen atoms in total. The van der Waals surface area contributed by atoms with Crippen LogP contribution in [-0.4, -0.2) is 44.3 Å². The molecule has 1 aromatic heterocycles. The van der Waals surface area contributed by atoms with Crippen molar-refractivity contribution in [2.45, 2.75) is 25.4 Å². The number of hydrogen-bond acceptors (Lipinski definition) is 5. The Balaban J connectivity index is 1.27. The molecule has 0 spiro atoms. The van der Waals surface area contributed by atoms with E-state index >= 15 is 0 Å². The second kappa shape index (κ2) is 11.4. The van der Waals surface area contributed by atoms with E-state index in [2.05, 4.69) is 15.5 Å². The number of aromatic nitrogens is 3. The Hall–Kier alpha value is -4.24. The summed E-state index contributed by atoms with van der Waals surface area (Å²) in [6, 6.07) is 19.5. The van der Waals surface area contributed by atoms with Gasteiger partial charge in [0, 0.05) is 17.3 Å². The van der Waals surface area contributed by atoms with Gasteiger partial charge in [-0.05, 0) is 85.0 Å². The van der Waals surface area contributed by atoms with Crippen molar-refractivity contribution in [1.29, 1.82) is 0 Å². The smallest absolute Gasteiger partial charge is 0.247 e. The van der Waals surface area contributed by atoms with E-state index in [9.17, 15) is 14.0 Å². The molecule has 1 aliphatic heterocycles. The number of benzene rings is 3. The number of ether oxygens (including phenoxy) is 1. The van der Waals surface area contributed by atoms with Crippen LogP contribution in [0, 0.1) is 11.7 Å². The van der Waals surface area contributed by atoms with Gasteiger partial charge in [-0.1, -0.05) is 23.7 Å². The predicted molar refractivity (Wildman–Crippen MR) is 140 cm³/mol. The van der Waals surface area contributed by atoms with Gasteiger partial charge >= 0.3 is 0 Å². The minimum Gasteiger partial charge on any atom is -0.457 e. The van der Waals surface area contributed by atoms with Crippen molar-refractivity contribution < 1.29 is 18.7 Å². The Morgan fingerprint density at radius 2 is 1.68 bits per heavy atom. The maximum absolute atomic E-state index is 13.4. The highest BCUT2D eigenvalue weighted by atomic mass is 35.5. The van der Waals surface area contributed by atoms with E-state index in [0.29, 0.717) is 41.6 Å². The monoisotopic (exact) mass is 533 g/mol. The zero-order valence-corrected chi connectivity index (χ0v) is 21.1. The zero-order valence-electron chi connectivity index (χ0n) is 20.3. The van der Waals surface area contributed by atoms with Crippen LogP contribution < -0.4 is 10.1 Å². The molecule has 1 saturated heterocycles. The molecule has 10 heteroatoms. The van der Waals surface area contributed by atoms with Crippen LogP contribution in [0.25, 0.3) is 0 Å². The average molecular weight is 534 g/mol. The van der Waals surface area contributed by atoms with Crippen molar-refractivity contribution in [1.82, 2.24) is 19.9 Å². The summed E-state index contributed by atoms with van der Waals surface area (Å²) in [5, 5.41) is 11.6. The molecule has 0 aliphatic carbocycles. The second-order valence-electron chi connectivity index (χ2n) is 9.13. The van der Waals surface area contributed by atoms with Gasteiger partial charge in [0.25, 0.3) is 0 Å². The zero-order chi connectivity index (χ0) is 26.5. The fourth-order valence-corrected chi connectivity index (χ4v) is 4.81. The summed E-state index contributed by atoms with van der Waals surface area (Å²) in [6.45, 7) is 0.394. The minimum atomic E-state index is -0.641. The first-order valence-corrected chi connectivity index (χ1v) is 12.5. The maximum atomic E-state index is 13.4. The fourth-order valence-electron chi connectivity index (χ4n) is 4.60. The summed E-state index contributed by atoms with van der Waals surface area (Å²) in [5.41, 5.74) is 1.63. The lowest BCUT2D eigenvalue weighted by Gasteiger charge is -2.23. The number of nitrogens with one attached hydrogen (secondary N) is 1. The van der Waals surface area contributed by atoms with Gasteiger partial charge in [0.2, 0.25) is 11.8 Å². The number of nitrogens with zero attached hydrogens (tertiary/aromatic N) is 4. The van der Waals surface area contributed by atoms with Crippen LogP contribution in [0.1, 0.15) is 12.0 Å². The van der Waals surface area contributed by atoms with E-state index in [1.54, 1.807) is 29.2 Å². The van der Waals surface area contributed by atoms with Gasteiger partial charge in [0.15, 0.2) is 0 Å². The molecule has 1 fully saturated rings. The molecule has 5 rings (SSSR count). The lowest BCUT2D eigenvalue weighted by molar-refractivity contribution is -0.137. The SMILES string of the molecule is O=C(Nc1ccc(Oc2ccc(F)cc2)cc1)C1CC(Cc2cccc(Cl)c2)CN1C(=O)Cn1nccn1. The number of rotatable bonds is 8. The molecule has 194 valence electrons. The molecule has 3 aromatic carbocycles. The normalized spacial score (nSPS) is 16.8. The van der Waals surface area contributed by atoms with E-state index in [0.717, 1.165) is 5.56 Å². The highest BCUT2D eigenvalue weighted by Gasteiger charge is 2.39. The molecule has 0 bridgehead atoms. The van der Waals surface area contributed by atoms with E-state index in [4.69, 9.17) is 16.3 Å². The van der Waals surface area contributed by atoms with Crippen molar-refractivity contribution in [2.24, 2.45) is 5.92 Å². The Morgan fingerprint density at radius 3 is 2.37 bits per heavy atom. The van der Waals surface area contributed by atoms with Crippen molar-refractivity contribution in [3.63, 3.8) is 0 Å². The summed E-state index contributed by atoms with van der Waals surface area (Å²) in [5.74, 6) is 0.294. The number of halogens is 2. The Labute approximate surface area is 224 Å². The number of likely N-dealkylation sites (tertiary alicyclic amines) is 1. The minimum absolute atomic E-state index is 0.0455. The largest absolute Gasteiger partial charge is 0.457 e. The van der Waals surface area contributed by atoms with Crippen molar-refractivity contribution in [3.05, 3.63) is 102 Å². The third kappa shape index (κ3) is 6.36. The lowest BCUT2D eigenvalue weighted by atomic mass is 9.96. The molecule has 2 amide bonds. The molecule has 0 radical (unpaired) electrons. The summed E-state index contributed by atoms with van der Waals surface area (Å²) in [7, 11) is 0. The van der Waals surface area contributed by atoms with E-state index < -0.39 is 6.04 Å². The molecular weight excluding hydrogens is 509 g/mol. The van der Waals surface area contributed by atoms with Gasteiger partial charge in [-0.25, -0.2) is 4.39 Å². The Morgan fingerprint density at radius 1 is 1.00 bits per heavy atom. The molecule has 1 aliphatic rings. The number of carbonyl (C=O) groups is 2. The van der Waals surface area contributed by atoms with Gasteiger partial charge < -0.3 is 15.0 Å². The summed E-state index contributed by atoms with van der Waals surface area (Å²) >= 11 is 6.15. The highest BCUT2D eigenvalue weighted by Crippen LogP contribution is 2.29. The maximum Gasteiger partial charge on any atom is 0.247 e. The fraction of sp³-hybridized carbons (Fsp3) is 0.214. The molecule has 38 heavy (non-hydrogen) atoms. The molecule has 4 aromatic rings. The first kappa shape index (κ1) is 25.4.